The molecule has 2 N–H and O–H groups in total. The van der Waals surface area contributed by atoms with Crippen molar-refractivity contribution in [3.8, 4) is 5.75 Å². The number of ether oxygens (including phenoxy) is 1. The zero-order valence-electron chi connectivity index (χ0n) is 18.8. The van der Waals surface area contributed by atoms with E-state index in [4.69, 9.17) is 4.74 Å². The number of likely N-dealkylation sites (N-methyl/N-ethyl adjacent to an activating group) is 1. The van der Waals surface area contributed by atoms with Gasteiger partial charge in [-0.05, 0) is 43.2 Å². The second-order valence-electron chi connectivity index (χ2n) is 7.97. The number of hydrogen-bond acceptors (Lipinski definition) is 7. The van der Waals surface area contributed by atoms with Crippen molar-refractivity contribution < 1.29 is 27.5 Å². The Kier molecular flexibility index (Phi) is 6.29. The molecule has 1 aliphatic carbocycles. The highest BCUT2D eigenvalue weighted by molar-refractivity contribution is 6.06. The maximum Gasteiger partial charge on any atom is 0.418 e. The summed E-state index contributed by atoms with van der Waals surface area (Å²) in [6.45, 7) is 0. The normalized spacial score (nSPS) is 14.1. The molecular weight excluding hydrogens is 465 g/mol. The van der Waals surface area contributed by atoms with Gasteiger partial charge in [0.15, 0.2) is 0 Å². The summed E-state index contributed by atoms with van der Waals surface area (Å²) in [5.74, 6) is -0.463. The van der Waals surface area contributed by atoms with E-state index < -0.39 is 23.2 Å². The molecular formula is C23H21F3N6O3. The number of anilines is 3. The van der Waals surface area contributed by atoms with E-state index in [2.05, 4.69) is 25.6 Å². The van der Waals surface area contributed by atoms with Crippen molar-refractivity contribution in [1.29, 1.82) is 0 Å². The zero-order valence-corrected chi connectivity index (χ0v) is 18.8. The second kappa shape index (κ2) is 9.20. The van der Waals surface area contributed by atoms with Gasteiger partial charge in [0.2, 0.25) is 0 Å². The van der Waals surface area contributed by atoms with Crippen LogP contribution in [-0.2, 0) is 11.0 Å². The number of nitrogens with zero attached hydrogens (tertiary/aromatic N) is 4. The summed E-state index contributed by atoms with van der Waals surface area (Å²) in [6.07, 6.45) is 1.67. The molecule has 3 aromatic rings. The lowest BCUT2D eigenvalue weighted by Gasteiger charge is -2.24. The molecule has 4 rings (SSSR count). The summed E-state index contributed by atoms with van der Waals surface area (Å²) in [7, 11) is 2.80. The predicted molar refractivity (Wildman–Crippen MR) is 120 cm³/mol. The van der Waals surface area contributed by atoms with Crippen LogP contribution in [0.5, 0.6) is 5.75 Å². The predicted octanol–water partition coefficient (Wildman–Crippen LogP) is 3.57. The molecule has 0 radical (unpaired) electrons. The first-order valence-corrected chi connectivity index (χ1v) is 10.5. The fourth-order valence-corrected chi connectivity index (χ4v) is 3.46. The van der Waals surface area contributed by atoms with Crippen molar-refractivity contribution in [2.24, 2.45) is 0 Å². The third-order valence-electron chi connectivity index (χ3n) is 5.54. The van der Waals surface area contributed by atoms with Gasteiger partial charge in [0.1, 0.15) is 23.4 Å². The minimum Gasteiger partial charge on any atom is -0.497 e. The Bertz CT molecular complexity index is 1230. The van der Waals surface area contributed by atoms with Crippen LogP contribution in [0.25, 0.3) is 0 Å². The molecule has 182 valence electrons. The van der Waals surface area contributed by atoms with Gasteiger partial charge >= 0.3 is 6.18 Å². The van der Waals surface area contributed by atoms with Gasteiger partial charge < -0.3 is 15.4 Å². The molecule has 1 aliphatic rings. The van der Waals surface area contributed by atoms with Crippen LogP contribution in [0.15, 0.2) is 55.2 Å². The Balaban J connectivity index is 1.46. The molecule has 1 fully saturated rings. The molecule has 35 heavy (non-hydrogen) atoms. The molecule has 0 saturated heterocycles. The van der Waals surface area contributed by atoms with Gasteiger partial charge in [0, 0.05) is 19.4 Å². The number of benzene rings is 1. The number of hydrogen-bond donors (Lipinski definition) is 2. The van der Waals surface area contributed by atoms with Gasteiger partial charge in [-0.2, -0.15) is 13.2 Å². The molecule has 0 bridgehead atoms. The van der Waals surface area contributed by atoms with Crippen LogP contribution in [0.4, 0.5) is 30.4 Å². The fraction of sp³-hybridized carbons (Fsp3) is 0.261. The van der Waals surface area contributed by atoms with Crippen LogP contribution >= 0.6 is 0 Å². The van der Waals surface area contributed by atoms with E-state index in [1.165, 1.54) is 68.2 Å². The van der Waals surface area contributed by atoms with Gasteiger partial charge in [0.05, 0.1) is 35.8 Å². The Morgan fingerprint density at radius 3 is 2.37 bits per heavy atom. The molecule has 9 nitrogen and oxygen atoms in total. The third-order valence-corrected chi connectivity index (χ3v) is 5.54. The van der Waals surface area contributed by atoms with Crippen LogP contribution in [0.3, 0.4) is 0 Å². The van der Waals surface area contributed by atoms with Crippen LogP contribution in [-0.4, -0.2) is 46.5 Å². The van der Waals surface area contributed by atoms with Crippen molar-refractivity contribution in [2.75, 3.05) is 24.4 Å². The Morgan fingerprint density at radius 2 is 1.80 bits per heavy atom. The van der Waals surface area contributed by atoms with Gasteiger partial charge in [-0.15, -0.1) is 0 Å². The molecule has 1 aromatic carbocycles. The zero-order chi connectivity index (χ0) is 25.2. The molecule has 2 aromatic heterocycles. The SMILES string of the molecule is COc1ccc(Nc2ccc(N(C)C(=O)C3(NC(=O)c4cncnc4)CC3)nc2)c(C(F)(F)F)c1. The lowest BCUT2D eigenvalue weighted by Crippen LogP contribution is -2.50. The first-order valence-electron chi connectivity index (χ1n) is 10.5. The summed E-state index contributed by atoms with van der Waals surface area (Å²) >= 11 is 0. The number of carbonyl (C=O) groups excluding carboxylic acids is 2. The topological polar surface area (TPSA) is 109 Å². The minimum atomic E-state index is -4.59. The van der Waals surface area contributed by atoms with Crippen molar-refractivity contribution in [2.45, 2.75) is 24.6 Å². The number of carbonyl (C=O) groups is 2. The van der Waals surface area contributed by atoms with Crippen LogP contribution in [0.1, 0.15) is 28.8 Å². The second-order valence-corrected chi connectivity index (χ2v) is 7.97. The first kappa shape index (κ1) is 23.9. The van der Waals surface area contributed by atoms with Gasteiger partial charge in [0.25, 0.3) is 11.8 Å². The minimum absolute atomic E-state index is 0.0809. The average Bonchev–Trinajstić information content (AvgIpc) is 3.64. The molecule has 0 unspecified atom stereocenters. The first-order chi connectivity index (χ1) is 16.6. The summed E-state index contributed by atoms with van der Waals surface area (Å²) in [5, 5.41) is 5.44. The van der Waals surface area contributed by atoms with Crippen molar-refractivity contribution in [3.05, 3.63) is 66.4 Å². The maximum atomic E-state index is 13.5. The summed E-state index contributed by atoms with van der Waals surface area (Å²) in [6, 6.07) is 6.59. The number of rotatable bonds is 7. The molecule has 2 amide bonds. The number of alkyl halides is 3. The quantitative estimate of drug-likeness (QED) is 0.526. The number of aromatic nitrogens is 3. The standard InChI is InChI=1S/C23H21F3N6O3/c1-32(21(34)22(7-8-22)31-20(33)14-10-27-13-28-11-14)19-6-3-15(12-29-19)30-18-5-4-16(35-2)9-17(18)23(24,25)26/h3-6,9-13,30H,7-8H2,1-2H3,(H,31,33). The van der Waals surface area contributed by atoms with Crippen molar-refractivity contribution in [3.63, 3.8) is 0 Å². The molecule has 0 atom stereocenters. The summed E-state index contributed by atoms with van der Waals surface area (Å²) < 4.78 is 45.2. The highest BCUT2D eigenvalue weighted by Crippen LogP contribution is 2.39. The summed E-state index contributed by atoms with van der Waals surface area (Å²) in [4.78, 5) is 38.6. The van der Waals surface area contributed by atoms with E-state index in [0.29, 0.717) is 18.5 Å². The fourth-order valence-electron chi connectivity index (χ4n) is 3.46. The van der Waals surface area contributed by atoms with Crippen molar-refractivity contribution >= 4 is 29.0 Å². The monoisotopic (exact) mass is 486 g/mol. The van der Waals surface area contributed by atoms with Crippen molar-refractivity contribution in [1.82, 2.24) is 20.3 Å². The molecule has 0 aliphatic heterocycles. The molecule has 12 heteroatoms. The third kappa shape index (κ3) is 5.15. The Labute approximate surface area is 198 Å². The number of halogens is 3. The Hall–Kier alpha value is -4.22. The lowest BCUT2D eigenvalue weighted by molar-refractivity contribution is -0.137. The molecule has 2 heterocycles. The van der Waals surface area contributed by atoms with Gasteiger partial charge in [-0.1, -0.05) is 0 Å². The van der Waals surface area contributed by atoms with E-state index in [-0.39, 0.29) is 28.7 Å². The van der Waals surface area contributed by atoms with Crippen LogP contribution in [0.2, 0.25) is 0 Å². The van der Waals surface area contributed by atoms with E-state index in [1.54, 1.807) is 0 Å². The lowest BCUT2D eigenvalue weighted by atomic mass is 10.1. The maximum absolute atomic E-state index is 13.5. The van der Waals surface area contributed by atoms with E-state index in [0.717, 1.165) is 6.07 Å². The van der Waals surface area contributed by atoms with E-state index in [1.807, 2.05) is 0 Å². The number of pyridine rings is 1. The number of amides is 2. The highest BCUT2D eigenvalue weighted by atomic mass is 19.4. The summed E-state index contributed by atoms with van der Waals surface area (Å²) in [5.41, 5.74) is -1.57. The Morgan fingerprint density at radius 1 is 1.09 bits per heavy atom. The molecule has 1 saturated carbocycles. The van der Waals surface area contributed by atoms with E-state index >= 15 is 0 Å². The molecule has 0 spiro atoms. The number of methoxy groups -OCH3 is 1. The highest BCUT2D eigenvalue weighted by Gasteiger charge is 2.53. The van der Waals surface area contributed by atoms with E-state index in [9.17, 15) is 22.8 Å². The number of nitrogens with one attached hydrogen (secondary N) is 2. The average molecular weight is 486 g/mol. The largest absolute Gasteiger partial charge is 0.497 e. The van der Waals surface area contributed by atoms with Gasteiger partial charge in [-0.25, -0.2) is 15.0 Å². The van der Waals surface area contributed by atoms with Gasteiger partial charge in [-0.3, -0.25) is 14.5 Å². The smallest absolute Gasteiger partial charge is 0.418 e. The van der Waals surface area contributed by atoms with Crippen LogP contribution in [0, 0.1) is 0 Å². The van der Waals surface area contributed by atoms with Crippen LogP contribution < -0.4 is 20.3 Å².